The summed E-state index contributed by atoms with van der Waals surface area (Å²) in [4.78, 5) is 22.7. The molecular formula is C13H13FO3. The fourth-order valence-corrected chi connectivity index (χ4v) is 1.84. The molecule has 0 amide bonds. The number of carbonyl (C=O) groups is 2. The van der Waals surface area contributed by atoms with Gasteiger partial charge in [-0.3, -0.25) is 4.79 Å². The van der Waals surface area contributed by atoms with Crippen LogP contribution in [0.1, 0.15) is 29.6 Å². The Morgan fingerprint density at radius 1 is 1.29 bits per heavy atom. The molecule has 0 aromatic heterocycles. The molecule has 1 fully saturated rings. The van der Waals surface area contributed by atoms with Crippen LogP contribution in [0.25, 0.3) is 0 Å². The Bertz CT molecular complexity index is 416. The first kappa shape index (κ1) is 11.8. The monoisotopic (exact) mass is 236 g/mol. The first-order chi connectivity index (χ1) is 8.16. The highest BCUT2D eigenvalue weighted by Gasteiger charge is 2.30. The summed E-state index contributed by atoms with van der Waals surface area (Å²) >= 11 is 0. The van der Waals surface area contributed by atoms with Gasteiger partial charge in [0, 0.05) is 12.8 Å². The van der Waals surface area contributed by atoms with Crippen molar-refractivity contribution in [3.8, 4) is 0 Å². The van der Waals surface area contributed by atoms with E-state index < -0.39 is 24.0 Å². The van der Waals surface area contributed by atoms with E-state index in [4.69, 9.17) is 4.74 Å². The summed E-state index contributed by atoms with van der Waals surface area (Å²) in [5, 5.41) is 0. The van der Waals surface area contributed by atoms with Crippen LogP contribution in [0.2, 0.25) is 0 Å². The number of hydrogen-bond donors (Lipinski definition) is 0. The Morgan fingerprint density at radius 3 is 2.65 bits per heavy atom. The zero-order valence-electron chi connectivity index (χ0n) is 9.27. The second-order valence-electron chi connectivity index (χ2n) is 4.10. The molecule has 0 heterocycles. The third kappa shape index (κ3) is 2.90. The van der Waals surface area contributed by atoms with Gasteiger partial charge < -0.3 is 4.74 Å². The number of rotatable bonds is 2. The number of esters is 1. The lowest BCUT2D eigenvalue weighted by Crippen LogP contribution is -2.32. The van der Waals surface area contributed by atoms with Gasteiger partial charge in [0.05, 0.1) is 5.56 Å². The van der Waals surface area contributed by atoms with Gasteiger partial charge in [-0.25, -0.2) is 9.18 Å². The van der Waals surface area contributed by atoms with E-state index >= 15 is 0 Å². The molecule has 1 aliphatic rings. The maximum atomic E-state index is 13.1. The van der Waals surface area contributed by atoms with E-state index in [0.717, 1.165) is 0 Å². The second kappa shape index (κ2) is 5.08. The quantitative estimate of drug-likeness (QED) is 0.740. The first-order valence-electron chi connectivity index (χ1n) is 5.59. The van der Waals surface area contributed by atoms with Gasteiger partial charge in [0.1, 0.15) is 6.10 Å². The fraction of sp³-hybridized carbons (Fsp3) is 0.385. The molecule has 1 aliphatic carbocycles. The minimum Gasteiger partial charge on any atom is -0.459 e. The van der Waals surface area contributed by atoms with Crippen LogP contribution >= 0.6 is 0 Å². The van der Waals surface area contributed by atoms with E-state index in [2.05, 4.69) is 0 Å². The van der Waals surface area contributed by atoms with Crippen LogP contribution in [0.4, 0.5) is 4.39 Å². The summed E-state index contributed by atoms with van der Waals surface area (Å²) in [5.74, 6) is -0.853. The van der Waals surface area contributed by atoms with Crippen molar-refractivity contribution < 1.29 is 18.7 Å². The van der Waals surface area contributed by atoms with Gasteiger partial charge in [0.2, 0.25) is 0 Å². The van der Waals surface area contributed by atoms with Gasteiger partial charge in [-0.15, -0.1) is 0 Å². The molecule has 2 atom stereocenters. The Morgan fingerprint density at radius 2 is 2.00 bits per heavy atom. The van der Waals surface area contributed by atoms with Crippen LogP contribution in [0.3, 0.4) is 0 Å². The van der Waals surface area contributed by atoms with E-state index in [9.17, 15) is 14.0 Å². The molecule has 0 aliphatic heterocycles. The van der Waals surface area contributed by atoms with Crippen molar-refractivity contribution in [2.75, 3.05) is 0 Å². The number of carbonyl (C=O) groups excluding carboxylic acids is 2. The van der Waals surface area contributed by atoms with Crippen LogP contribution in [-0.4, -0.2) is 24.0 Å². The third-order valence-corrected chi connectivity index (χ3v) is 2.82. The van der Waals surface area contributed by atoms with E-state index in [1.165, 1.54) is 0 Å². The number of Topliss-reactive ketones (excluding diaryl/α,β-unsaturated/α-hetero) is 1. The summed E-state index contributed by atoms with van der Waals surface area (Å²) in [6, 6.07) is 8.55. The van der Waals surface area contributed by atoms with Gasteiger partial charge in [0.15, 0.2) is 12.0 Å². The van der Waals surface area contributed by atoms with Crippen LogP contribution in [0, 0.1) is 0 Å². The van der Waals surface area contributed by atoms with Crippen molar-refractivity contribution in [2.24, 2.45) is 0 Å². The molecule has 90 valence electrons. The zero-order chi connectivity index (χ0) is 12.3. The minimum absolute atomic E-state index is 0.0165. The highest BCUT2D eigenvalue weighted by molar-refractivity contribution is 5.89. The topological polar surface area (TPSA) is 43.4 Å². The molecule has 0 bridgehead atoms. The number of hydrogen-bond acceptors (Lipinski definition) is 3. The Balaban J connectivity index is 1.94. The van der Waals surface area contributed by atoms with Crippen molar-refractivity contribution in [1.82, 2.24) is 0 Å². The lowest BCUT2D eigenvalue weighted by molar-refractivity contribution is -0.128. The number of alkyl halides is 1. The van der Waals surface area contributed by atoms with Crippen LogP contribution in [0.15, 0.2) is 30.3 Å². The molecule has 0 N–H and O–H groups in total. The van der Waals surface area contributed by atoms with Crippen molar-refractivity contribution >= 4 is 11.8 Å². The number of ketones is 1. The van der Waals surface area contributed by atoms with Crippen LogP contribution in [-0.2, 0) is 9.53 Å². The lowest BCUT2D eigenvalue weighted by atomic mass is 9.95. The number of benzene rings is 1. The molecule has 0 spiro atoms. The van der Waals surface area contributed by atoms with Crippen molar-refractivity contribution in [1.29, 1.82) is 0 Å². The van der Waals surface area contributed by atoms with Crippen LogP contribution < -0.4 is 0 Å². The fourth-order valence-electron chi connectivity index (χ4n) is 1.84. The molecule has 3 nitrogen and oxygen atoms in total. The van der Waals surface area contributed by atoms with Gasteiger partial charge in [0.25, 0.3) is 0 Å². The first-order valence-corrected chi connectivity index (χ1v) is 5.59. The number of ether oxygens (including phenoxy) is 1. The number of halogens is 1. The smallest absolute Gasteiger partial charge is 0.338 e. The molecule has 1 aromatic rings. The maximum absolute atomic E-state index is 13.1. The predicted octanol–water partition coefficient (Wildman–Crippen LogP) is 2.30. The third-order valence-electron chi connectivity index (χ3n) is 2.82. The van der Waals surface area contributed by atoms with Crippen molar-refractivity contribution in [2.45, 2.75) is 31.5 Å². The second-order valence-corrected chi connectivity index (χ2v) is 4.10. The molecule has 0 saturated heterocycles. The standard InChI is InChI=1S/C13H13FO3/c14-11-8-10(6-7-12(11)15)17-13(16)9-4-2-1-3-5-9/h1-5,10-11H,6-8H2/t10-,11-/m0/s1. The molecule has 2 rings (SSSR count). The largest absolute Gasteiger partial charge is 0.459 e. The normalized spacial score (nSPS) is 24.4. The summed E-state index contributed by atoms with van der Waals surface area (Å²) < 4.78 is 18.3. The summed E-state index contributed by atoms with van der Waals surface area (Å²) in [6.07, 6.45) is -1.43. The van der Waals surface area contributed by atoms with E-state index in [1.807, 2.05) is 0 Å². The molecule has 4 heteroatoms. The highest BCUT2D eigenvalue weighted by Crippen LogP contribution is 2.21. The molecule has 0 radical (unpaired) electrons. The zero-order valence-corrected chi connectivity index (χ0v) is 9.27. The molecule has 1 saturated carbocycles. The predicted molar refractivity (Wildman–Crippen MR) is 59.4 cm³/mol. The highest BCUT2D eigenvalue weighted by atomic mass is 19.1. The lowest BCUT2D eigenvalue weighted by Gasteiger charge is -2.23. The van der Waals surface area contributed by atoms with Gasteiger partial charge in [-0.1, -0.05) is 18.2 Å². The van der Waals surface area contributed by atoms with E-state index in [-0.39, 0.29) is 12.8 Å². The van der Waals surface area contributed by atoms with Crippen molar-refractivity contribution in [3.63, 3.8) is 0 Å². The average Bonchev–Trinajstić information content (AvgIpc) is 2.35. The Hall–Kier alpha value is -1.71. The van der Waals surface area contributed by atoms with E-state index in [0.29, 0.717) is 12.0 Å². The van der Waals surface area contributed by atoms with Gasteiger partial charge in [-0.2, -0.15) is 0 Å². The average molecular weight is 236 g/mol. The Labute approximate surface area is 98.6 Å². The summed E-state index contributed by atoms with van der Waals surface area (Å²) in [6.45, 7) is 0. The summed E-state index contributed by atoms with van der Waals surface area (Å²) in [7, 11) is 0. The maximum Gasteiger partial charge on any atom is 0.338 e. The molecule has 1 aromatic carbocycles. The van der Waals surface area contributed by atoms with E-state index in [1.54, 1.807) is 30.3 Å². The summed E-state index contributed by atoms with van der Waals surface area (Å²) in [5.41, 5.74) is 0.444. The van der Waals surface area contributed by atoms with Crippen LogP contribution in [0.5, 0.6) is 0 Å². The van der Waals surface area contributed by atoms with Crippen molar-refractivity contribution in [3.05, 3.63) is 35.9 Å². The molecule has 17 heavy (non-hydrogen) atoms. The molecular weight excluding hydrogens is 223 g/mol. The van der Waals surface area contributed by atoms with Gasteiger partial charge in [-0.05, 0) is 18.6 Å². The molecule has 0 unspecified atom stereocenters. The SMILES string of the molecule is O=C(O[C@H]1CCC(=O)[C@@H](F)C1)c1ccccc1. The van der Waals surface area contributed by atoms with Gasteiger partial charge >= 0.3 is 5.97 Å². The minimum atomic E-state index is -1.49. The Kier molecular flexibility index (Phi) is 3.52.